The van der Waals surface area contributed by atoms with Crippen molar-refractivity contribution in [3.63, 3.8) is 0 Å². The fourth-order valence-corrected chi connectivity index (χ4v) is 4.43. The lowest BCUT2D eigenvalue weighted by molar-refractivity contribution is 0.0399. The third kappa shape index (κ3) is 5.01. The first kappa shape index (κ1) is 26.1. The van der Waals surface area contributed by atoms with Crippen molar-refractivity contribution in [1.82, 2.24) is 33.9 Å². The summed E-state index contributed by atoms with van der Waals surface area (Å²) in [6, 6.07) is 14.1. The molecule has 1 aromatic carbocycles. The molecule has 6 rings (SSSR count). The van der Waals surface area contributed by atoms with Gasteiger partial charge >= 0.3 is 11.9 Å². The number of para-hydroxylation sites is 1. The van der Waals surface area contributed by atoms with Gasteiger partial charge < -0.3 is 9.94 Å². The Balaban J connectivity index is 0.000000177. The molecule has 0 saturated heterocycles. The number of aromatic carboxylic acids is 1. The minimum atomic E-state index is -0.985. The molecular formula is C26H21Cl2N7O4. The van der Waals surface area contributed by atoms with Gasteiger partial charge in [0, 0.05) is 12.4 Å². The zero-order valence-corrected chi connectivity index (χ0v) is 22.3. The fraction of sp³-hybridized carbons (Fsp3) is 0.154. The third-order valence-corrected chi connectivity index (χ3v) is 6.31. The molecule has 39 heavy (non-hydrogen) atoms. The molecule has 0 unspecified atom stereocenters. The SMILES string of the molecule is CCc1nc2ccc(Cl)cn2c1C(=O)O.CCc1nc2ccc(Cl)cn2c1C(=O)On1nnc2ccccc21. The van der Waals surface area contributed by atoms with Crippen molar-refractivity contribution >= 4 is 57.5 Å². The van der Waals surface area contributed by atoms with Crippen LogP contribution in [0, 0.1) is 0 Å². The van der Waals surface area contributed by atoms with Crippen LogP contribution in [0.4, 0.5) is 0 Å². The van der Waals surface area contributed by atoms with E-state index in [9.17, 15) is 9.59 Å². The first-order valence-corrected chi connectivity index (χ1v) is 12.7. The maximum Gasteiger partial charge on any atom is 0.384 e. The number of carboxylic acids is 1. The number of imidazole rings is 2. The van der Waals surface area contributed by atoms with Crippen LogP contribution in [0.15, 0.2) is 60.9 Å². The van der Waals surface area contributed by atoms with Gasteiger partial charge in [-0.1, -0.05) is 54.0 Å². The number of hydrogen-bond donors (Lipinski definition) is 1. The van der Waals surface area contributed by atoms with E-state index in [1.165, 1.54) is 4.40 Å². The Labute approximate surface area is 231 Å². The number of aryl methyl sites for hydroxylation is 2. The Morgan fingerprint density at radius 1 is 0.846 bits per heavy atom. The van der Waals surface area contributed by atoms with Crippen molar-refractivity contribution in [3.05, 3.63) is 93.7 Å². The maximum absolute atomic E-state index is 12.7. The van der Waals surface area contributed by atoms with Gasteiger partial charge in [-0.25, -0.2) is 19.6 Å². The first-order valence-electron chi connectivity index (χ1n) is 11.9. The topological polar surface area (TPSA) is 129 Å². The average Bonchev–Trinajstić information content (AvgIpc) is 3.61. The molecule has 0 spiro atoms. The van der Waals surface area contributed by atoms with Crippen molar-refractivity contribution in [2.45, 2.75) is 26.7 Å². The van der Waals surface area contributed by atoms with E-state index in [2.05, 4.69) is 20.3 Å². The fourth-order valence-electron chi connectivity index (χ4n) is 4.11. The molecule has 11 nitrogen and oxygen atoms in total. The van der Waals surface area contributed by atoms with Gasteiger partial charge in [0.05, 0.1) is 21.4 Å². The number of carbonyl (C=O) groups is 2. The lowest BCUT2D eigenvalue weighted by Gasteiger charge is -2.05. The second-order valence-electron chi connectivity index (χ2n) is 8.31. The summed E-state index contributed by atoms with van der Waals surface area (Å²) in [5.41, 5.74) is 4.21. The summed E-state index contributed by atoms with van der Waals surface area (Å²) in [4.78, 5) is 38.9. The molecule has 5 aromatic heterocycles. The zero-order chi connectivity index (χ0) is 27.7. The van der Waals surface area contributed by atoms with E-state index >= 15 is 0 Å². The number of carboxylic acid groups (broad SMARTS) is 1. The van der Waals surface area contributed by atoms with Crippen LogP contribution < -0.4 is 4.84 Å². The molecule has 0 bridgehead atoms. The van der Waals surface area contributed by atoms with Crippen molar-refractivity contribution < 1.29 is 19.5 Å². The second-order valence-corrected chi connectivity index (χ2v) is 9.18. The summed E-state index contributed by atoms with van der Waals surface area (Å²) in [6.45, 7) is 3.79. The van der Waals surface area contributed by atoms with E-state index in [4.69, 9.17) is 33.1 Å². The van der Waals surface area contributed by atoms with Gasteiger partial charge in [-0.3, -0.25) is 8.80 Å². The van der Waals surface area contributed by atoms with Crippen molar-refractivity contribution in [2.75, 3.05) is 0 Å². The first-order chi connectivity index (χ1) is 18.8. The number of halogens is 2. The molecule has 0 saturated carbocycles. The van der Waals surface area contributed by atoms with Gasteiger partial charge in [0.2, 0.25) is 0 Å². The molecule has 5 heterocycles. The summed E-state index contributed by atoms with van der Waals surface area (Å²) >= 11 is 11.8. The highest BCUT2D eigenvalue weighted by atomic mass is 35.5. The van der Waals surface area contributed by atoms with Gasteiger partial charge in [-0.05, 0) is 54.5 Å². The number of aromatic nitrogens is 7. The molecular weight excluding hydrogens is 545 g/mol. The van der Waals surface area contributed by atoms with E-state index < -0.39 is 11.9 Å². The van der Waals surface area contributed by atoms with Crippen molar-refractivity contribution in [1.29, 1.82) is 0 Å². The van der Waals surface area contributed by atoms with Gasteiger partial charge in [0.15, 0.2) is 11.4 Å². The molecule has 0 aliphatic rings. The van der Waals surface area contributed by atoms with E-state index in [1.807, 2.05) is 26.0 Å². The third-order valence-electron chi connectivity index (χ3n) is 5.87. The zero-order valence-electron chi connectivity index (χ0n) is 20.7. The number of fused-ring (bicyclic) bond motifs is 3. The number of nitrogens with zero attached hydrogens (tertiary/aromatic N) is 7. The lowest BCUT2D eigenvalue weighted by Crippen LogP contribution is -2.23. The average molecular weight is 566 g/mol. The molecule has 0 atom stereocenters. The van der Waals surface area contributed by atoms with Crippen LogP contribution in [-0.4, -0.2) is 51.0 Å². The van der Waals surface area contributed by atoms with Gasteiger partial charge in [0.25, 0.3) is 0 Å². The van der Waals surface area contributed by atoms with Crippen LogP contribution in [0.25, 0.3) is 22.3 Å². The van der Waals surface area contributed by atoms with Crippen LogP contribution in [0.3, 0.4) is 0 Å². The standard InChI is InChI=1S/C16H12ClN5O2.C10H9ClN2O2/c1-2-11-15(21-9-10(17)7-8-14(21)18-11)16(23)24-22-13-6-4-3-5-12(13)19-20-22;1-2-7-9(10(14)15)13-5-6(11)3-4-8(13)12-7/h3-9H,2H2,1H3;3-5H,2H2,1H3,(H,14,15). The number of rotatable bonds is 5. The molecule has 0 aliphatic carbocycles. The van der Waals surface area contributed by atoms with Crippen LogP contribution in [0.2, 0.25) is 10.0 Å². The number of carbonyl (C=O) groups excluding carboxylic acids is 1. The van der Waals surface area contributed by atoms with Gasteiger partial charge in [-0.15, -0.1) is 5.10 Å². The smallest absolute Gasteiger partial charge is 0.384 e. The van der Waals surface area contributed by atoms with E-state index in [0.717, 1.165) is 4.85 Å². The summed E-state index contributed by atoms with van der Waals surface area (Å²) in [6.07, 6.45) is 4.37. The monoisotopic (exact) mass is 565 g/mol. The van der Waals surface area contributed by atoms with E-state index in [0.29, 0.717) is 62.3 Å². The Hall–Kier alpha value is -4.48. The Bertz CT molecular complexity index is 1860. The molecule has 0 fully saturated rings. The molecule has 0 amide bonds. The van der Waals surface area contributed by atoms with Gasteiger partial charge in [0.1, 0.15) is 22.3 Å². The minimum Gasteiger partial charge on any atom is -0.477 e. The highest BCUT2D eigenvalue weighted by Crippen LogP contribution is 2.19. The number of pyridine rings is 2. The number of benzene rings is 1. The summed E-state index contributed by atoms with van der Waals surface area (Å²) < 4.78 is 3.13. The molecule has 0 aliphatic heterocycles. The molecule has 13 heteroatoms. The summed E-state index contributed by atoms with van der Waals surface area (Å²) in [7, 11) is 0. The highest BCUT2D eigenvalue weighted by molar-refractivity contribution is 6.30. The second kappa shape index (κ2) is 10.7. The molecule has 0 radical (unpaired) electrons. The minimum absolute atomic E-state index is 0.190. The molecule has 198 valence electrons. The number of hydrogen-bond acceptors (Lipinski definition) is 7. The van der Waals surface area contributed by atoms with Crippen molar-refractivity contribution in [3.8, 4) is 0 Å². The Morgan fingerprint density at radius 2 is 1.41 bits per heavy atom. The largest absolute Gasteiger partial charge is 0.477 e. The maximum atomic E-state index is 12.7. The Morgan fingerprint density at radius 3 is 2.00 bits per heavy atom. The highest BCUT2D eigenvalue weighted by Gasteiger charge is 2.22. The normalized spacial score (nSPS) is 11.1. The molecule has 1 N–H and O–H groups in total. The summed E-state index contributed by atoms with van der Waals surface area (Å²) in [5, 5.41) is 17.9. The van der Waals surface area contributed by atoms with E-state index in [-0.39, 0.29) is 5.69 Å². The quantitative estimate of drug-likeness (QED) is 0.295. The van der Waals surface area contributed by atoms with Crippen LogP contribution in [0.5, 0.6) is 0 Å². The van der Waals surface area contributed by atoms with Crippen molar-refractivity contribution in [2.24, 2.45) is 0 Å². The van der Waals surface area contributed by atoms with Crippen LogP contribution >= 0.6 is 23.2 Å². The Kier molecular flexibility index (Phi) is 7.18. The summed E-state index contributed by atoms with van der Waals surface area (Å²) in [5.74, 6) is -1.56. The van der Waals surface area contributed by atoms with E-state index in [1.54, 1.807) is 53.2 Å². The molecule has 6 aromatic rings. The predicted octanol–water partition coefficient (Wildman–Crippen LogP) is 4.81. The lowest BCUT2D eigenvalue weighted by atomic mass is 10.2. The van der Waals surface area contributed by atoms with Crippen LogP contribution in [0.1, 0.15) is 46.2 Å². The van der Waals surface area contributed by atoms with Crippen LogP contribution in [-0.2, 0) is 12.8 Å². The predicted molar refractivity (Wildman–Crippen MR) is 145 cm³/mol. The van der Waals surface area contributed by atoms with Gasteiger partial charge in [-0.2, -0.15) is 0 Å².